The highest BCUT2D eigenvalue weighted by molar-refractivity contribution is 6.31. The average molecular weight is 480 g/mol. The summed E-state index contributed by atoms with van der Waals surface area (Å²) in [5, 5.41) is 12.1. The summed E-state index contributed by atoms with van der Waals surface area (Å²) in [6, 6.07) is 7.15. The molecule has 2 aliphatic rings. The zero-order valence-corrected chi connectivity index (χ0v) is 16.8. The number of alkyl halides is 6. The number of amides is 1. The predicted octanol–water partition coefficient (Wildman–Crippen LogP) is 5.25. The van der Waals surface area contributed by atoms with E-state index in [0.717, 1.165) is 30.3 Å². The van der Waals surface area contributed by atoms with Crippen molar-refractivity contribution in [1.29, 1.82) is 0 Å². The van der Waals surface area contributed by atoms with Crippen LogP contribution in [0, 0.1) is 5.92 Å². The van der Waals surface area contributed by atoms with Gasteiger partial charge in [-0.1, -0.05) is 29.8 Å². The summed E-state index contributed by atoms with van der Waals surface area (Å²) in [5.41, 5.74) is -1.79. The summed E-state index contributed by atoms with van der Waals surface area (Å²) in [6.07, 6.45) is -11.7. The van der Waals surface area contributed by atoms with Gasteiger partial charge in [0.2, 0.25) is 5.91 Å². The average Bonchev–Trinajstić information content (AvgIpc) is 3.23. The van der Waals surface area contributed by atoms with Crippen LogP contribution >= 0.6 is 11.6 Å². The Morgan fingerprint density at radius 3 is 2.41 bits per heavy atom. The molecule has 2 N–H and O–H groups in total. The summed E-state index contributed by atoms with van der Waals surface area (Å²) < 4.78 is 83.8. The number of carbonyl (C=O) groups is 1. The minimum absolute atomic E-state index is 0.000820. The molecule has 2 heterocycles. The van der Waals surface area contributed by atoms with Gasteiger partial charge in [0.25, 0.3) is 0 Å². The molecule has 2 saturated heterocycles. The van der Waals surface area contributed by atoms with Gasteiger partial charge in [0, 0.05) is 18.0 Å². The SMILES string of the molecule is O=C(Nc1ccc(C(F)(F)F)c(Cl)c1)[C@@H]1[C@@H](c2cccc(C(F)(F)F)c2)[C@H]2O[C@@H]1C[C@@H]2O. The van der Waals surface area contributed by atoms with Crippen molar-refractivity contribution < 1.29 is 41.0 Å². The summed E-state index contributed by atoms with van der Waals surface area (Å²) in [4.78, 5) is 13.0. The Labute approximate surface area is 183 Å². The number of hydrogen-bond donors (Lipinski definition) is 2. The highest BCUT2D eigenvalue weighted by Gasteiger charge is 2.57. The lowest BCUT2D eigenvalue weighted by molar-refractivity contribution is -0.138. The Morgan fingerprint density at radius 2 is 1.78 bits per heavy atom. The van der Waals surface area contributed by atoms with Crippen LogP contribution in [-0.4, -0.2) is 29.3 Å². The Bertz CT molecular complexity index is 1040. The van der Waals surface area contributed by atoms with E-state index in [1.54, 1.807) is 0 Å². The normalized spacial score (nSPS) is 27.6. The molecule has 0 spiro atoms. The number of carbonyl (C=O) groups excluding carboxylic acids is 1. The Balaban J connectivity index is 1.62. The van der Waals surface area contributed by atoms with Crippen LogP contribution in [0.1, 0.15) is 29.0 Å². The zero-order chi connectivity index (χ0) is 23.4. The molecule has 0 aliphatic carbocycles. The van der Waals surface area contributed by atoms with Gasteiger partial charge >= 0.3 is 12.4 Å². The maximum atomic E-state index is 13.2. The van der Waals surface area contributed by atoms with E-state index >= 15 is 0 Å². The minimum Gasteiger partial charge on any atom is -0.390 e. The van der Waals surface area contributed by atoms with Crippen molar-refractivity contribution >= 4 is 23.2 Å². The molecule has 2 bridgehead atoms. The molecule has 11 heteroatoms. The van der Waals surface area contributed by atoms with Gasteiger partial charge < -0.3 is 15.2 Å². The number of nitrogens with one attached hydrogen (secondary N) is 1. The van der Waals surface area contributed by atoms with Crippen LogP contribution in [0.15, 0.2) is 42.5 Å². The first kappa shape index (κ1) is 22.9. The third-order valence-electron chi connectivity index (χ3n) is 5.77. The molecule has 1 amide bonds. The fourth-order valence-electron chi connectivity index (χ4n) is 4.41. The summed E-state index contributed by atoms with van der Waals surface area (Å²) >= 11 is 5.69. The van der Waals surface area contributed by atoms with Crippen LogP contribution in [-0.2, 0) is 21.9 Å². The van der Waals surface area contributed by atoms with Crippen molar-refractivity contribution in [3.8, 4) is 0 Å². The number of anilines is 1. The van der Waals surface area contributed by atoms with Crippen molar-refractivity contribution in [2.24, 2.45) is 5.92 Å². The first-order valence-electron chi connectivity index (χ1n) is 9.54. The number of halogens is 7. The second kappa shape index (κ2) is 7.93. The van der Waals surface area contributed by atoms with E-state index in [4.69, 9.17) is 16.3 Å². The van der Waals surface area contributed by atoms with Crippen LogP contribution in [0.25, 0.3) is 0 Å². The number of aliphatic hydroxyl groups is 1. The molecule has 5 atom stereocenters. The molecule has 172 valence electrons. The quantitative estimate of drug-likeness (QED) is 0.591. The number of ether oxygens (including phenoxy) is 1. The van der Waals surface area contributed by atoms with Crippen molar-refractivity contribution in [2.45, 2.75) is 43.0 Å². The van der Waals surface area contributed by atoms with Gasteiger partial charge in [-0.15, -0.1) is 0 Å². The van der Waals surface area contributed by atoms with Gasteiger partial charge in [-0.2, -0.15) is 26.3 Å². The maximum absolute atomic E-state index is 13.2. The second-order valence-corrected chi connectivity index (χ2v) is 8.21. The fourth-order valence-corrected chi connectivity index (χ4v) is 4.70. The molecule has 4 nitrogen and oxygen atoms in total. The van der Waals surface area contributed by atoms with E-state index in [9.17, 15) is 36.2 Å². The van der Waals surface area contributed by atoms with Crippen molar-refractivity contribution in [3.05, 3.63) is 64.2 Å². The number of rotatable bonds is 3. The van der Waals surface area contributed by atoms with Gasteiger partial charge in [0.05, 0.1) is 40.4 Å². The highest BCUT2D eigenvalue weighted by atomic mass is 35.5. The molecule has 0 unspecified atom stereocenters. The van der Waals surface area contributed by atoms with E-state index in [0.29, 0.717) is 0 Å². The third kappa shape index (κ3) is 4.18. The summed E-state index contributed by atoms with van der Waals surface area (Å²) in [6.45, 7) is 0. The first-order chi connectivity index (χ1) is 14.9. The number of aliphatic hydroxyl groups excluding tert-OH is 1. The first-order valence-corrected chi connectivity index (χ1v) is 9.92. The molecule has 0 aromatic heterocycles. The van der Waals surface area contributed by atoms with E-state index in [1.807, 2.05) is 0 Å². The second-order valence-electron chi connectivity index (χ2n) is 7.80. The van der Waals surface area contributed by atoms with Crippen LogP contribution in [0.4, 0.5) is 32.0 Å². The van der Waals surface area contributed by atoms with Gasteiger partial charge in [-0.3, -0.25) is 4.79 Å². The Hall–Kier alpha value is -2.30. The standard InChI is InChI=1S/C21H16ClF6NO3/c22-13-7-11(4-5-12(13)21(26,27)28)29-19(31)17-15-8-14(30)18(32-15)16(17)9-2-1-3-10(6-9)20(23,24)25/h1-7,14-18,30H,8H2,(H,29,31)/t14-,15+,16+,17-,18-/m0/s1. The fraction of sp³-hybridized carbons (Fsp3) is 0.381. The molecule has 2 aliphatic heterocycles. The van der Waals surface area contributed by atoms with Gasteiger partial charge in [0.1, 0.15) is 0 Å². The highest BCUT2D eigenvalue weighted by Crippen LogP contribution is 2.50. The lowest BCUT2D eigenvalue weighted by atomic mass is 9.73. The largest absolute Gasteiger partial charge is 0.417 e. The smallest absolute Gasteiger partial charge is 0.390 e. The predicted molar refractivity (Wildman–Crippen MR) is 102 cm³/mol. The van der Waals surface area contributed by atoms with Crippen LogP contribution in [0.5, 0.6) is 0 Å². The summed E-state index contributed by atoms with van der Waals surface area (Å²) in [7, 11) is 0. The number of benzene rings is 2. The van der Waals surface area contributed by atoms with E-state index in [-0.39, 0.29) is 17.7 Å². The Morgan fingerprint density at radius 1 is 1.06 bits per heavy atom. The number of hydrogen-bond acceptors (Lipinski definition) is 3. The lowest BCUT2D eigenvalue weighted by Gasteiger charge is -2.30. The van der Waals surface area contributed by atoms with E-state index in [2.05, 4.69) is 5.32 Å². The van der Waals surface area contributed by atoms with Crippen molar-refractivity contribution in [2.75, 3.05) is 5.32 Å². The molecular formula is C21H16ClF6NO3. The molecule has 32 heavy (non-hydrogen) atoms. The van der Waals surface area contributed by atoms with E-state index < -0.39 is 64.6 Å². The number of fused-ring (bicyclic) bond motifs is 2. The van der Waals surface area contributed by atoms with Crippen LogP contribution in [0.2, 0.25) is 5.02 Å². The van der Waals surface area contributed by atoms with Gasteiger partial charge in [0.15, 0.2) is 0 Å². The summed E-state index contributed by atoms with van der Waals surface area (Å²) in [5.74, 6) is -2.47. The molecular weight excluding hydrogens is 464 g/mol. The topological polar surface area (TPSA) is 58.6 Å². The minimum atomic E-state index is -4.66. The van der Waals surface area contributed by atoms with Crippen LogP contribution < -0.4 is 5.32 Å². The van der Waals surface area contributed by atoms with Gasteiger partial charge in [-0.25, -0.2) is 0 Å². The third-order valence-corrected chi connectivity index (χ3v) is 6.08. The van der Waals surface area contributed by atoms with Crippen molar-refractivity contribution in [1.82, 2.24) is 0 Å². The molecule has 2 aromatic carbocycles. The monoisotopic (exact) mass is 479 g/mol. The molecule has 0 saturated carbocycles. The zero-order valence-electron chi connectivity index (χ0n) is 16.0. The maximum Gasteiger partial charge on any atom is 0.417 e. The Kier molecular flexibility index (Phi) is 5.67. The lowest BCUT2D eigenvalue weighted by Crippen LogP contribution is -2.41. The van der Waals surface area contributed by atoms with Crippen molar-refractivity contribution in [3.63, 3.8) is 0 Å². The molecule has 2 fully saturated rings. The van der Waals surface area contributed by atoms with Gasteiger partial charge in [-0.05, 0) is 29.8 Å². The van der Waals surface area contributed by atoms with Crippen LogP contribution in [0.3, 0.4) is 0 Å². The van der Waals surface area contributed by atoms with E-state index in [1.165, 1.54) is 12.1 Å². The molecule has 2 aromatic rings. The molecule has 0 radical (unpaired) electrons. The molecule has 4 rings (SSSR count).